The second kappa shape index (κ2) is 8.69. The summed E-state index contributed by atoms with van der Waals surface area (Å²) in [6.45, 7) is 5.06. The van der Waals surface area contributed by atoms with Crippen LogP contribution in [0.15, 0.2) is 12.7 Å². The van der Waals surface area contributed by atoms with Gasteiger partial charge in [-0.3, -0.25) is 9.59 Å². The van der Waals surface area contributed by atoms with Crippen molar-refractivity contribution in [2.45, 2.75) is 32.1 Å². The number of carboxylic acids is 1. The van der Waals surface area contributed by atoms with Gasteiger partial charge < -0.3 is 15.2 Å². The lowest BCUT2D eigenvalue weighted by Crippen LogP contribution is -2.40. The Hall–Kier alpha value is -1.36. The molecule has 1 rings (SSSR count). The fourth-order valence-electron chi connectivity index (χ4n) is 2.39. The van der Waals surface area contributed by atoms with E-state index in [1.807, 2.05) is 0 Å². The molecule has 0 aromatic heterocycles. The zero-order valence-corrected chi connectivity index (χ0v) is 11.3. The van der Waals surface area contributed by atoms with Crippen LogP contribution in [0, 0.1) is 11.8 Å². The van der Waals surface area contributed by atoms with E-state index >= 15 is 0 Å². The van der Waals surface area contributed by atoms with Crippen molar-refractivity contribution in [3.8, 4) is 0 Å². The minimum Gasteiger partial charge on any atom is -0.481 e. The van der Waals surface area contributed by atoms with Gasteiger partial charge in [-0.15, -0.1) is 6.58 Å². The van der Waals surface area contributed by atoms with Gasteiger partial charge in [0.25, 0.3) is 0 Å². The van der Waals surface area contributed by atoms with Crippen LogP contribution < -0.4 is 5.32 Å². The van der Waals surface area contributed by atoms with Gasteiger partial charge in [0.15, 0.2) is 0 Å². The van der Waals surface area contributed by atoms with Crippen molar-refractivity contribution in [3.63, 3.8) is 0 Å². The highest BCUT2D eigenvalue weighted by atomic mass is 16.5. The number of carbonyl (C=O) groups excluding carboxylic acids is 1. The number of carboxylic acid groups (broad SMARTS) is 1. The number of ether oxygens (including phenoxy) is 1. The van der Waals surface area contributed by atoms with Gasteiger partial charge in [-0.25, -0.2) is 0 Å². The summed E-state index contributed by atoms with van der Waals surface area (Å²) in [7, 11) is 0. The maximum Gasteiger partial charge on any atom is 0.307 e. The summed E-state index contributed by atoms with van der Waals surface area (Å²) in [5, 5.41) is 11.9. The third-order valence-corrected chi connectivity index (χ3v) is 3.43. The molecule has 108 valence electrons. The maximum atomic E-state index is 12.0. The molecule has 1 aliphatic carbocycles. The molecule has 0 saturated heterocycles. The van der Waals surface area contributed by atoms with Gasteiger partial charge in [-0.05, 0) is 19.3 Å². The van der Waals surface area contributed by atoms with E-state index in [-0.39, 0.29) is 11.8 Å². The molecule has 0 aromatic carbocycles. The van der Waals surface area contributed by atoms with Gasteiger partial charge in [0.2, 0.25) is 5.91 Å². The minimum atomic E-state index is -0.859. The van der Waals surface area contributed by atoms with Gasteiger partial charge in [-0.2, -0.15) is 0 Å². The monoisotopic (exact) mass is 269 g/mol. The number of hydrogen-bond acceptors (Lipinski definition) is 3. The largest absolute Gasteiger partial charge is 0.481 e. The van der Waals surface area contributed by atoms with E-state index in [9.17, 15) is 9.59 Å². The average molecular weight is 269 g/mol. The Kier molecular flexibility index (Phi) is 7.18. The quantitative estimate of drug-likeness (QED) is 0.518. The van der Waals surface area contributed by atoms with Gasteiger partial charge in [-0.1, -0.05) is 18.9 Å². The third-order valence-electron chi connectivity index (χ3n) is 3.43. The van der Waals surface area contributed by atoms with Crippen molar-refractivity contribution < 1.29 is 19.4 Å². The van der Waals surface area contributed by atoms with Crippen LogP contribution in [0.2, 0.25) is 0 Å². The molecule has 0 spiro atoms. The molecule has 1 aliphatic rings. The molecule has 2 N–H and O–H groups in total. The molecule has 19 heavy (non-hydrogen) atoms. The molecule has 1 amide bonds. The highest BCUT2D eigenvalue weighted by molar-refractivity contribution is 5.84. The highest BCUT2D eigenvalue weighted by Crippen LogP contribution is 2.30. The van der Waals surface area contributed by atoms with Crippen molar-refractivity contribution in [2.24, 2.45) is 11.8 Å². The summed E-state index contributed by atoms with van der Waals surface area (Å²) in [6.07, 6.45) is 5.65. The number of rotatable bonds is 8. The first-order valence-corrected chi connectivity index (χ1v) is 6.86. The molecule has 1 saturated carbocycles. The smallest absolute Gasteiger partial charge is 0.307 e. The van der Waals surface area contributed by atoms with E-state index in [0.717, 1.165) is 19.3 Å². The fourth-order valence-corrected chi connectivity index (χ4v) is 2.39. The van der Waals surface area contributed by atoms with Gasteiger partial charge in [0.1, 0.15) is 0 Å². The molecule has 2 atom stereocenters. The Labute approximate surface area is 114 Å². The minimum absolute atomic E-state index is 0.153. The highest BCUT2D eigenvalue weighted by Gasteiger charge is 2.35. The Balaban J connectivity index is 2.27. The Morgan fingerprint density at radius 1 is 1.26 bits per heavy atom. The van der Waals surface area contributed by atoms with Crippen LogP contribution >= 0.6 is 0 Å². The molecule has 0 bridgehead atoms. The van der Waals surface area contributed by atoms with Crippen LogP contribution in [-0.2, 0) is 14.3 Å². The predicted molar refractivity (Wildman–Crippen MR) is 71.7 cm³/mol. The van der Waals surface area contributed by atoms with Crippen LogP contribution in [0.4, 0.5) is 0 Å². The zero-order chi connectivity index (χ0) is 14.1. The standard InChI is InChI=1S/C14H23NO4/c1-2-3-9-19-10-8-15-13(16)11-6-4-5-7-12(11)14(17)18/h2,11-12H,1,3-10H2,(H,15,16)(H,17,18)/t11-,12+/m1/s1. The Morgan fingerprint density at radius 3 is 2.58 bits per heavy atom. The van der Waals surface area contributed by atoms with Crippen molar-refractivity contribution in [3.05, 3.63) is 12.7 Å². The lowest BCUT2D eigenvalue weighted by Gasteiger charge is -2.27. The topological polar surface area (TPSA) is 75.6 Å². The van der Waals surface area contributed by atoms with Crippen LogP contribution in [0.5, 0.6) is 0 Å². The number of aliphatic carboxylic acids is 1. The van der Waals surface area contributed by atoms with E-state index in [1.54, 1.807) is 6.08 Å². The number of nitrogens with one attached hydrogen (secondary N) is 1. The molecule has 0 aliphatic heterocycles. The average Bonchev–Trinajstić information content (AvgIpc) is 2.42. The van der Waals surface area contributed by atoms with E-state index < -0.39 is 11.9 Å². The summed E-state index contributed by atoms with van der Waals surface area (Å²) >= 11 is 0. The molecule has 5 heteroatoms. The second-order valence-electron chi connectivity index (χ2n) is 4.82. The predicted octanol–water partition coefficient (Wildman–Crippen LogP) is 1.59. The molecular formula is C14H23NO4. The zero-order valence-electron chi connectivity index (χ0n) is 11.3. The lowest BCUT2D eigenvalue weighted by molar-refractivity contribution is -0.148. The van der Waals surface area contributed by atoms with Crippen LogP contribution in [0.3, 0.4) is 0 Å². The van der Waals surface area contributed by atoms with Gasteiger partial charge >= 0.3 is 5.97 Å². The van der Waals surface area contributed by atoms with Crippen LogP contribution in [0.1, 0.15) is 32.1 Å². The molecule has 1 fully saturated rings. The summed E-state index contributed by atoms with van der Waals surface area (Å²) in [5.41, 5.74) is 0. The SMILES string of the molecule is C=CCCOCCNC(=O)[C@@H]1CCCC[C@@H]1C(=O)O. The summed E-state index contributed by atoms with van der Waals surface area (Å²) < 4.78 is 5.28. The summed E-state index contributed by atoms with van der Waals surface area (Å²) in [4.78, 5) is 23.1. The first-order chi connectivity index (χ1) is 9.16. The van der Waals surface area contributed by atoms with E-state index in [4.69, 9.17) is 9.84 Å². The molecule has 5 nitrogen and oxygen atoms in total. The van der Waals surface area contributed by atoms with E-state index in [0.29, 0.717) is 32.6 Å². The van der Waals surface area contributed by atoms with E-state index in [2.05, 4.69) is 11.9 Å². The molecule has 0 unspecified atom stereocenters. The number of hydrogen-bond donors (Lipinski definition) is 2. The first-order valence-electron chi connectivity index (χ1n) is 6.86. The fraction of sp³-hybridized carbons (Fsp3) is 0.714. The normalized spacial score (nSPS) is 22.7. The van der Waals surface area contributed by atoms with Crippen molar-refractivity contribution >= 4 is 11.9 Å². The number of amides is 1. The second-order valence-corrected chi connectivity index (χ2v) is 4.82. The van der Waals surface area contributed by atoms with Gasteiger partial charge in [0.05, 0.1) is 25.0 Å². The molecule has 0 aromatic rings. The summed E-state index contributed by atoms with van der Waals surface area (Å²) in [5.74, 6) is -1.93. The Morgan fingerprint density at radius 2 is 1.95 bits per heavy atom. The van der Waals surface area contributed by atoms with Crippen molar-refractivity contribution in [1.82, 2.24) is 5.32 Å². The van der Waals surface area contributed by atoms with Crippen molar-refractivity contribution in [2.75, 3.05) is 19.8 Å². The van der Waals surface area contributed by atoms with E-state index in [1.165, 1.54) is 0 Å². The van der Waals surface area contributed by atoms with Crippen LogP contribution in [-0.4, -0.2) is 36.7 Å². The maximum absolute atomic E-state index is 12.0. The van der Waals surface area contributed by atoms with Gasteiger partial charge in [0, 0.05) is 6.54 Å². The van der Waals surface area contributed by atoms with Crippen LogP contribution in [0.25, 0.3) is 0 Å². The first kappa shape index (κ1) is 15.7. The summed E-state index contributed by atoms with van der Waals surface area (Å²) in [6, 6.07) is 0. The lowest BCUT2D eigenvalue weighted by atomic mass is 9.79. The van der Waals surface area contributed by atoms with Crippen molar-refractivity contribution in [1.29, 1.82) is 0 Å². The molecule has 0 radical (unpaired) electrons. The molecular weight excluding hydrogens is 246 g/mol. The molecule has 0 heterocycles. The Bertz CT molecular complexity index is 317. The number of carbonyl (C=O) groups is 2. The third kappa shape index (κ3) is 5.42.